The number of carbonyl (C=O) groups excluding carboxylic acids is 1. The molecule has 1 fully saturated rings. The normalized spacial score (nSPS) is 25.5. The second-order valence-electron chi connectivity index (χ2n) is 8.97. The molecule has 0 heterocycles. The second-order valence-corrected chi connectivity index (χ2v) is 8.97. The van der Waals surface area contributed by atoms with E-state index in [0.717, 1.165) is 36.8 Å². The number of carbonyl (C=O) groups is 1. The molecule has 2 heteroatoms. The Morgan fingerprint density at radius 3 is 2.61 bits per heavy atom. The molecule has 0 aromatic heterocycles. The van der Waals surface area contributed by atoms with Crippen LogP contribution in [-0.4, -0.2) is 19.0 Å². The summed E-state index contributed by atoms with van der Waals surface area (Å²) in [5.41, 5.74) is 4.48. The van der Waals surface area contributed by atoms with Crippen molar-refractivity contribution in [2.75, 3.05) is 7.11 Å². The minimum Gasteiger partial charge on any atom is -0.381 e. The van der Waals surface area contributed by atoms with Crippen LogP contribution in [-0.2, 0) is 9.53 Å². The van der Waals surface area contributed by atoms with Crippen LogP contribution in [0.25, 0.3) is 5.57 Å². The first kappa shape index (κ1) is 22.9. The van der Waals surface area contributed by atoms with Crippen LogP contribution >= 0.6 is 0 Å². The smallest absolute Gasteiger partial charge is 0.160 e. The quantitative estimate of drug-likeness (QED) is 0.490. The van der Waals surface area contributed by atoms with E-state index in [2.05, 4.69) is 52.0 Å². The van der Waals surface area contributed by atoms with E-state index in [4.69, 9.17) is 4.74 Å². The topological polar surface area (TPSA) is 26.3 Å². The molecule has 0 spiro atoms. The van der Waals surface area contributed by atoms with E-state index in [-0.39, 0.29) is 11.2 Å². The molecule has 0 aliphatic heterocycles. The van der Waals surface area contributed by atoms with Crippen molar-refractivity contribution in [2.45, 2.75) is 92.1 Å². The lowest BCUT2D eigenvalue weighted by Gasteiger charge is -2.38. The number of allylic oxidation sites excluding steroid dienone is 2. The van der Waals surface area contributed by atoms with E-state index in [9.17, 15) is 4.79 Å². The molecule has 2 rings (SSSR count). The molecular formula is C26H40O2. The maximum atomic E-state index is 12.8. The molecular weight excluding hydrogens is 344 g/mol. The van der Waals surface area contributed by atoms with Crippen molar-refractivity contribution < 1.29 is 9.53 Å². The zero-order chi connectivity index (χ0) is 20.7. The highest BCUT2D eigenvalue weighted by Gasteiger charge is 2.35. The van der Waals surface area contributed by atoms with Crippen LogP contribution in [0.1, 0.15) is 88.8 Å². The van der Waals surface area contributed by atoms with Crippen LogP contribution in [0, 0.1) is 25.2 Å². The van der Waals surface area contributed by atoms with Gasteiger partial charge in [0.1, 0.15) is 0 Å². The largest absolute Gasteiger partial charge is 0.381 e. The van der Waals surface area contributed by atoms with Gasteiger partial charge >= 0.3 is 0 Å². The minimum atomic E-state index is 0.0626. The summed E-state index contributed by atoms with van der Waals surface area (Å²) in [5.74, 6) is 0.724. The van der Waals surface area contributed by atoms with Crippen molar-refractivity contribution in [1.82, 2.24) is 0 Å². The molecule has 2 nitrogen and oxygen atoms in total. The number of ketones is 1. The standard InChI is InChI=1S/C26H40O2/c1-7-21(4)26(15-10-8-9-11-23(28-6)14-16-26)18-25(22(5)27)24-17-19(2)12-13-20(24)3/h12-13,17-18,21,23H,7-11,14-16H2,1-6H3. The van der Waals surface area contributed by atoms with E-state index in [1.54, 1.807) is 6.92 Å². The fourth-order valence-electron chi connectivity index (χ4n) is 4.81. The lowest BCUT2D eigenvalue weighted by molar-refractivity contribution is -0.111. The number of hydrogen-bond donors (Lipinski definition) is 0. The Labute approximate surface area is 172 Å². The summed E-state index contributed by atoms with van der Waals surface area (Å²) in [4.78, 5) is 12.8. The van der Waals surface area contributed by atoms with E-state index < -0.39 is 0 Å². The zero-order valence-electron chi connectivity index (χ0n) is 18.9. The molecule has 1 aliphatic rings. The minimum absolute atomic E-state index is 0.0626. The molecule has 0 amide bonds. The summed E-state index contributed by atoms with van der Waals surface area (Å²) in [6, 6.07) is 6.45. The molecule has 3 unspecified atom stereocenters. The van der Waals surface area contributed by atoms with E-state index in [1.165, 1.54) is 36.8 Å². The van der Waals surface area contributed by atoms with E-state index in [1.807, 2.05) is 7.11 Å². The summed E-state index contributed by atoms with van der Waals surface area (Å²) in [6.45, 7) is 10.6. The molecule has 1 aromatic rings. The lowest BCUT2D eigenvalue weighted by Crippen LogP contribution is -2.29. The molecule has 28 heavy (non-hydrogen) atoms. The number of Topliss-reactive ketones (excluding diaryl/α,β-unsaturated/α-hetero) is 1. The fraction of sp³-hybridized carbons (Fsp3) is 0.654. The third kappa shape index (κ3) is 5.56. The predicted octanol–water partition coefficient (Wildman–Crippen LogP) is 7.07. The lowest BCUT2D eigenvalue weighted by atomic mass is 9.67. The van der Waals surface area contributed by atoms with Gasteiger partial charge in [0, 0.05) is 12.7 Å². The molecule has 0 N–H and O–H groups in total. The molecule has 1 aromatic carbocycles. The predicted molar refractivity (Wildman–Crippen MR) is 120 cm³/mol. The van der Waals surface area contributed by atoms with Gasteiger partial charge in [0.2, 0.25) is 0 Å². The summed E-state index contributed by atoms with van der Waals surface area (Å²) in [6.07, 6.45) is 12.1. The second kappa shape index (κ2) is 10.4. The Morgan fingerprint density at radius 1 is 1.21 bits per heavy atom. The average molecular weight is 385 g/mol. The molecule has 0 bridgehead atoms. The first-order valence-corrected chi connectivity index (χ1v) is 11.2. The van der Waals surface area contributed by atoms with E-state index >= 15 is 0 Å². The van der Waals surface area contributed by atoms with Crippen LogP contribution in [0.5, 0.6) is 0 Å². The Balaban J connectivity index is 2.56. The van der Waals surface area contributed by atoms with Crippen molar-refractivity contribution in [3.63, 3.8) is 0 Å². The van der Waals surface area contributed by atoms with Crippen molar-refractivity contribution in [3.05, 3.63) is 41.0 Å². The number of benzene rings is 1. The number of methoxy groups -OCH3 is 1. The van der Waals surface area contributed by atoms with Crippen molar-refractivity contribution in [2.24, 2.45) is 11.3 Å². The first-order valence-electron chi connectivity index (χ1n) is 11.2. The van der Waals surface area contributed by atoms with Crippen LogP contribution in [0.4, 0.5) is 0 Å². The Kier molecular flexibility index (Phi) is 8.49. The van der Waals surface area contributed by atoms with Gasteiger partial charge in [-0.2, -0.15) is 0 Å². The van der Waals surface area contributed by atoms with Gasteiger partial charge in [-0.3, -0.25) is 4.79 Å². The van der Waals surface area contributed by atoms with Gasteiger partial charge in [0.25, 0.3) is 0 Å². The summed E-state index contributed by atoms with van der Waals surface area (Å²) >= 11 is 0. The SMILES string of the molecule is CCC(C)C1(C=C(C(C)=O)c2cc(C)ccc2C)CCCCCC(OC)CC1. The van der Waals surface area contributed by atoms with Crippen molar-refractivity contribution >= 4 is 11.4 Å². The maximum absolute atomic E-state index is 12.8. The van der Waals surface area contributed by atoms with Gasteiger partial charge in [-0.05, 0) is 68.9 Å². The van der Waals surface area contributed by atoms with Crippen molar-refractivity contribution in [1.29, 1.82) is 0 Å². The summed E-state index contributed by atoms with van der Waals surface area (Å²) in [7, 11) is 1.85. The summed E-state index contributed by atoms with van der Waals surface area (Å²) in [5, 5.41) is 0. The molecule has 0 saturated heterocycles. The van der Waals surface area contributed by atoms with Gasteiger partial charge in [-0.25, -0.2) is 0 Å². The van der Waals surface area contributed by atoms with Crippen LogP contribution in [0.2, 0.25) is 0 Å². The van der Waals surface area contributed by atoms with Gasteiger partial charge < -0.3 is 4.74 Å². The highest BCUT2D eigenvalue weighted by atomic mass is 16.5. The van der Waals surface area contributed by atoms with Crippen LogP contribution in [0.3, 0.4) is 0 Å². The number of ether oxygens (including phenoxy) is 1. The maximum Gasteiger partial charge on any atom is 0.160 e. The van der Waals surface area contributed by atoms with Gasteiger partial charge in [0.05, 0.1) is 6.10 Å². The highest BCUT2D eigenvalue weighted by molar-refractivity contribution is 6.20. The zero-order valence-corrected chi connectivity index (χ0v) is 18.9. The molecule has 156 valence electrons. The number of aryl methyl sites for hydroxylation is 2. The monoisotopic (exact) mass is 384 g/mol. The van der Waals surface area contributed by atoms with E-state index in [0.29, 0.717) is 12.0 Å². The first-order chi connectivity index (χ1) is 13.3. The Morgan fingerprint density at radius 2 is 1.96 bits per heavy atom. The molecule has 1 aliphatic carbocycles. The van der Waals surface area contributed by atoms with Crippen molar-refractivity contribution in [3.8, 4) is 0 Å². The number of rotatable bonds is 6. The number of hydrogen-bond acceptors (Lipinski definition) is 2. The van der Waals surface area contributed by atoms with Gasteiger partial charge in [-0.15, -0.1) is 0 Å². The third-order valence-electron chi connectivity index (χ3n) is 7.02. The summed E-state index contributed by atoms with van der Waals surface area (Å²) < 4.78 is 5.77. The highest BCUT2D eigenvalue weighted by Crippen LogP contribution is 2.45. The van der Waals surface area contributed by atoms with Gasteiger partial charge in [0.15, 0.2) is 5.78 Å². The Hall–Kier alpha value is -1.41. The fourth-order valence-corrected chi connectivity index (χ4v) is 4.81. The van der Waals surface area contributed by atoms with Crippen LogP contribution < -0.4 is 0 Å². The third-order valence-corrected chi connectivity index (χ3v) is 7.02. The molecule has 1 saturated carbocycles. The van der Waals surface area contributed by atoms with Gasteiger partial charge in [-0.1, -0.05) is 69.4 Å². The average Bonchev–Trinajstić information content (AvgIpc) is 2.78. The Bertz CT molecular complexity index is 688. The van der Waals surface area contributed by atoms with Crippen LogP contribution in [0.15, 0.2) is 24.3 Å². The molecule has 3 atom stereocenters. The molecule has 0 radical (unpaired) electrons.